The van der Waals surface area contributed by atoms with E-state index >= 15 is 0 Å². The van der Waals surface area contributed by atoms with Crippen LogP contribution >= 0.6 is 0 Å². The summed E-state index contributed by atoms with van der Waals surface area (Å²) in [5, 5.41) is 12.1. The van der Waals surface area contributed by atoms with Gasteiger partial charge in [0.05, 0.1) is 11.8 Å². The molecule has 2 N–H and O–H groups in total. The number of rotatable bonds is 5. The Morgan fingerprint density at radius 3 is 2.44 bits per heavy atom. The summed E-state index contributed by atoms with van der Waals surface area (Å²) in [5.74, 6) is -0.0732. The van der Waals surface area contributed by atoms with Crippen molar-refractivity contribution in [3.8, 4) is 0 Å². The first-order chi connectivity index (χ1) is 8.49. The van der Waals surface area contributed by atoms with Crippen LogP contribution < -0.4 is 5.32 Å². The summed E-state index contributed by atoms with van der Waals surface area (Å²) in [7, 11) is 0. The Hall–Kier alpha value is -1.06. The normalized spacial score (nSPS) is 33.1. The van der Waals surface area contributed by atoms with Crippen molar-refractivity contribution in [1.82, 2.24) is 5.32 Å². The molecule has 102 valence electrons. The highest BCUT2D eigenvalue weighted by Crippen LogP contribution is 2.38. The molecule has 0 bridgehead atoms. The molecule has 18 heavy (non-hydrogen) atoms. The smallest absolute Gasteiger partial charge is 0.307 e. The highest BCUT2D eigenvalue weighted by molar-refractivity contribution is 5.85. The van der Waals surface area contributed by atoms with Crippen LogP contribution in [-0.2, 0) is 9.59 Å². The third-order valence-corrected chi connectivity index (χ3v) is 4.48. The van der Waals surface area contributed by atoms with E-state index in [-0.39, 0.29) is 11.8 Å². The molecular formula is C14H23NO3. The molecule has 2 aliphatic carbocycles. The lowest BCUT2D eigenvalue weighted by Gasteiger charge is -2.17. The van der Waals surface area contributed by atoms with Crippen molar-refractivity contribution in [2.45, 2.75) is 39.5 Å². The second kappa shape index (κ2) is 5.29. The van der Waals surface area contributed by atoms with E-state index in [1.807, 2.05) is 6.92 Å². The van der Waals surface area contributed by atoms with Crippen LogP contribution in [0.15, 0.2) is 0 Å². The summed E-state index contributed by atoms with van der Waals surface area (Å²) < 4.78 is 0. The SMILES string of the molecule is CC1CC(C(=O)O)C(C(=O)NCC(C)C2CC2)C1. The second-order valence-corrected chi connectivity index (χ2v) is 6.19. The fourth-order valence-corrected chi connectivity index (χ4v) is 3.08. The van der Waals surface area contributed by atoms with Crippen LogP contribution in [-0.4, -0.2) is 23.5 Å². The molecule has 2 rings (SSSR count). The number of carboxylic acid groups (broad SMARTS) is 1. The summed E-state index contributed by atoms with van der Waals surface area (Å²) in [4.78, 5) is 23.2. The first-order valence-electron chi connectivity index (χ1n) is 6.99. The van der Waals surface area contributed by atoms with Gasteiger partial charge in [-0.2, -0.15) is 0 Å². The molecule has 4 heteroatoms. The van der Waals surface area contributed by atoms with Gasteiger partial charge in [-0.25, -0.2) is 0 Å². The predicted octanol–water partition coefficient (Wildman–Crippen LogP) is 1.90. The minimum absolute atomic E-state index is 0.0562. The van der Waals surface area contributed by atoms with Crippen molar-refractivity contribution >= 4 is 11.9 Å². The molecule has 0 saturated heterocycles. The largest absolute Gasteiger partial charge is 0.481 e. The number of hydrogen-bond donors (Lipinski definition) is 2. The monoisotopic (exact) mass is 253 g/mol. The molecule has 2 saturated carbocycles. The number of carbonyl (C=O) groups is 2. The predicted molar refractivity (Wildman–Crippen MR) is 67.9 cm³/mol. The van der Waals surface area contributed by atoms with Gasteiger partial charge in [0, 0.05) is 6.54 Å². The van der Waals surface area contributed by atoms with E-state index in [0.29, 0.717) is 31.2 Å². The molecule has 0 aliphatic heterocycles. The number of carboxylic acids is 1. The zero-order chi connectivity index (χ0) is 13.3. The number of hydrogen-bond acceptors (Lipinski definition) is 2. The van der Waals surface area contributed by atoms with Gasteiger partial charge in [0.25, 0.3) is 0 Å². The third kappa shape index (κ3) is 3.03. The topological polar surface area (TPSA) is 66.4 Å². The summed E-state index contributed by atoms with van der Waals surface area (Å²) in [6.45, 7) is 4.88. The first-order valence-corrected chi connectivity index (χ1v) is 6.99. The lowest BCUT2D eigenvalue weighted by Crippen LogP contribution is -2.37. The Morgan fingerprint density at radius 1 is 1.28 bits per heavy atom. The van der Waals surface area contributed by atoms with Gasteiger partial charge in [-0.3, -0.25) is 9.59 Å². The Morgan fingerprint density at radius 2 is 1.89 bits per heavy atom. The van der Waals surface area contributed by atoms with Crippen LogP contribution in [0.4, 0.5) is 0 Å². The maximum atomic E-state index is 12.1. The maximum Gasteiger partial charge on any atom is 0.307 e. The molecule has 4 unspecified atom stereocenters. The number of amides is 1. The molecule has 0 aromatic heterocycles. The van der Waals surface area contributed by atoms with Crippen molar-refractivity contribution in [2.24, 2.45) is 29.6 Å². The molecule has 0 spiro atoms. The first kappa shape index (κ1) is 13.4. The van der Waals surface area contributed by atoms with E-state index < -0.39 is 11.9 Å². The average molecular weight is 253 g/mol. The van der Waals surface area contributed by atoms with E-state index in [2.05, 4.69) is 12.2 Å². The fraction of sp³-hybridized carbons (Fsp3) is 0.857. The average Bonchev–Trinajstić information content (AvgIpc) is 3.08. The van der Waals surface area contributed by atoms with Crippen molar-refractivity contribution < 1.29 is 14.7 Å². The van der Waals surface area contributed by atoms with Crippen LogP contribution in [0.5, 0.6) is 0 Å². The third-order valence-electron chi connectivity index (χ3n) is 4.48. The van der Waals surface area contributed by atoms with E-state index in [0.717, 1.165) is 5.92 Å². The summed E-state index contributed by atoms with van der Waals surface area (Å²) in [5.41, 5.74) is 0. The minimum Gasteiger partial charge on any atom is -0.481 e. The molecule has 4 atom stereocenters. The van der Waals surface area contributed by atoms with E-state index in [9.17, 15) is 9.59 Å². The summed E-state index contributed by atoms with van der Waals surface area (Å²) in [6, 6.07) is 0. The Labute approximate surface area is 108 Å². The van der Waals surface area contributed by atoms with E-state index in [1.165, 1.54) is 12.8 Å². The van der Waals surface area contributed by atoms with Gasteiger partial charge in [-0.05, 0) is 43.4 Å². The molecule has 0 aromatic carbocycles. The Kier molecular flexibility index (Phi) is 3.93. The van der Waals surface area contributed by atoms with Gasteiger partial charge >= 0.3 is 5.97 Å². The molecule has 0 heterocycles. The van der Waals surface area contributed by atoms with Crippen molar-refractivity contribution in [1.29, 1.82) is 0 Å². The zero-order valence-corrected chi connectivity index (χ0v) is 11.2. The molecule has 2 fully saturated rings. The summed E-state index contributed by atoms with van der Waals surface area (Å²) in [6.07, 6.45) is 3.89. The van der Waals surface area contributed by atoms with Gasteiger partial charge in [0.15, 0.2) is 0 Å². The Balaban J connectivity index is 1.84. The van der Waals surface area contributed by atoms with Crippen LogP contribution in [0.2, 0.25) is 0 Å². The molecule has 4 nitrogen and oxygen atoms in total. The molecule has 0 radical (unpaired) electrons. The number of carbonyl (C=O) groups excluding carboxylic acids is 1. The van der Waals surface area contributed by atoms with Crippen molar-refractivity contribution in [3.05, 3.63) is 0 Å². The molecule has 0 aromatic rings. The molecular weight excluding hydrogens is 230 g/mol. The highest BCUT2D eigenvalue weighted by Gasteiger charge is 2.41. The fourth-order valence-electron chi connectivity index (χ4n) is 3.08. The second-order valence-electron chi connectivity index (χ2n) is 6.19. The van der Waals surface area contributed by atoms with Crippen molar-refractivity contribution in [2.75, 3.05) is 6.54 Å². The zero-order valence-electron chi connectivity index (χ0n) is 11.2. The summed E-state index contributed by atoms with van der Waals surface area (Å²) >= 11 is 0. The van der Waals surface area contributed by atoms with E-state index in [4.69, 9.17) is 5.11 Å². The quantitative estimate of drug-likeness (QED) is 0.786. The van der Waals surface area contributed by atoms with Gasteiger partial charge in [-0.15, -0.1) is 0 Å². The Bertz CT molecular complexity index is 338. The van der Waals surface area contributed by atoms with Crippen molar-refractivity contribution in [3.63, 3.8) is 0 Å². The minimum atomic E-state index is -0.824. The van der Waals surface area contributed by atoms with Gasteiger partial charge in [-0.1, -0.05) is 13.8 Å². The van der Waals surface area contributed by atoms with Gasteiger partial charge < -0.3 is 10.4 Å². The number of aliphatic carboxylic acids is 1. The van der Waals surface area contributed by atoms with Gasteiger partial charge in [0.1, 0.15) is 0 Å². The van der Waals surface area contributed by atoms with Crippen LogP contribution in [0, 0.1) is 29.6 Å². The standard InChI is InChI=1S/C14H23NO3/c1-8-5-11(12(6-8)14(17)18)13(16)15-7-9(2)10-3-4-10/h8-12H,3-7H2,1-2H3,(H,15,16)(H,17,18). The lowest BCUT2D eigenvalue weighted by molar-refractivity contribution is -0.146. The van der Waals surface area contributed by atoms with Crippen LogP contribution in [0.3, 0.4) is 0 Å². The van der Waals surface area contributed by atoms with Crippen LogP contribution in [0.25, 0.3) is 0 Å². The van der Waals surface area contributed by atoms with Gasteiger partial charge in [0.2, 0.25) is 5.91 Å². The van der Waals surface area contributed by atoms with E-state index in [1.54, 1.807) is 0 Å². The number of nitrogens with one attached hydrogen (secondary N) is 1. The van der Waals surface area contributed by atoms with Crippen LogP contribution in [0.1, 0.15) is 39.5 Å². The maximum absolute atomic E-state index is 12.1. The molecule has 2 aliphatic rings. The highest BCUT2D eigenvalue weighted by atomic mass is 16.4. The molecule has 1 amide bonds. The lowest BCUT2D eigenvalue weighted by atomic mass is 9.95.